The molecule has 0 radical (unpaired) electrons. The van der Waals surface area contributed by atoms with Crippen molar-refractivity contribution in [2.75, 3.05) is 0 Å². The summed E-state index contributed by atoms with van der Waals surface area (Å²) < 4.78 is 4.61. The Labute approximate surface area is 407 Å². The molecule has 70 heavy (non-hydrogen) atoms. The van der Waals surface area contributed by atoms with E-state index in [2.05, 4.69) is 231 Å². The molecule has 4 nitrogen and oxygen atoms in total. The molecule has 0 unspecified atom stereocenters. The summed E-state index contributed by atoms with van der Waals surface area (Å²) >= 11 is 0. The van der Waals surface area contributed by atoms with E-state index in [0.717, 1.165) is 77.2 Å². The zero-order valence-corrected chi connectivity index (χ0v) is 39.4. The average Bonchev–Trinajstić information content (AvgIpc) is 3.90. The van der Waals surface area contributed by atoms with Gasteiger partial charge in [0.25, 0.3) is 0 Å². The van der Waals surface area contributed by atoms with Gasteiger partial charge in [-0.25, -0.2) is 0 Å². The largest absolute Gasteiger partial charge is 0.309 e. The van der Waals surface area contributed by atoms with Gasteiger partial charge >= 0.3 is 0 Å². The lowest BCUT2D eigenvalue weighted by Crippen LogP contribution is -1.99. The Morgan fingerprint density at radius 1 is 0.286 bits per heavy atom. The van der Waals surface area contributed by atoms with Crippen molar-refractivity contribution in [1.82, 2.24) is 9.13 Å². The second-order valence-electron chi connectivity index (χ2n) is 18.5. The van der Waals surface area contributed by atoms with Crippen LogP contribution in [0.25, 0.3) is 111 Å². The monoisotopic (exact) mass is 894 g/mol. The van der Waals surface area contributed by atoms with Crippen molar-refractivity contribution in [2.24, 2.45) is 0 Å². The molecule has 2 aromatic heterocycles. The van der Waals surface area contributed by atoms with Gasteiger partial charge in [0.1, 0.15) is 0 Å². The zero-order valence-electron chi connectivity index (χ0n) is 39.4. The highest BCUT2D eigenvalue weighted by molar-refractivity contribution is 6.13. The van der Waals surface area contributed by atoms with E-state index in [4.69, 9.17) is 0 Å². The number of hydrogen-bond acceptors (Lipinski definition) is 2. The van der Waals surface area contributed by atoms with Crippen LogP contribution in [-0.4, -0.2) is 9.13 Å². The predicted molar refractivity (Wildman–Crippen MR) is 291 cm³/mol. The average molecular weight is 895 g/mol. The molecule has 4 heteroatoms. The molecule has 0 amide bonds. The van der Waals surface area contributed by atoms with E-state index in [1.807, 2.05) is 24.3 Å². The maximum absolute atomic E-state index is 10.8. The van der Waals surface area contributed by atoms with Gasteiger partial charge in [-0.3, -0.25) is 0 Å². The first kappa shape index (κ1) is 42.2. The van der Waals surface area contributed by atoms with Crippen molar-refractivity contribution in [1.29, 1.82) is 10.5 Å². The van der Waals surface area contributed by atoms with Crippen molar-refractivity contribution < 1.29 is 0 Å². The number of rotatable bonds is 7. The molecular formula is C66H46N4. The van der Waals surface area contributed by atoms with Crippen LogP contribution in [0.2, 0.25) is 0 Å². The first-order valence-corrected chi connectivity index (χ1v) is 23.8. The summed E-state index contributed by atoms with van der Waals surface area (Å²) in [6.07, 6.45) is 0. The maximum Gasteiger partial charge on any atom is 0.0998 e. The summed E-state index contributed by atoms with van der Waals surface area (Å²) in [5.74, 6) is 0. The molecule has 0 saturated carbocycles. The first-order chi connectivity index (χ1) is 34.3. The minimum absolute atomic E-state index is 0.495. The van der Waals surface area contributed by atoms with Crippen LogP contribution in [0.3, 0.4) is 0 Å². The molecule has 0 atom stereocenters. The summed E-state index contributed by atoms with van der Waals surface area (Å²) in [4.78, 5) is 0. The van der Waals surface area contributed by atoms with Gasteiger partial charge in [0.15, 0.2) is 0 Å². The smallest absolute Gasteiger partial charge is 0.0998 e. The summed E-state index contributed by atoms with van der Waals surface area (Å²) in [5, 5.41) is 26.2. The highest BCUT2D eigenvalue weighted by Crippen LogP contribution is 2.42. The van der Waals surface area contributed by atoms with Gasteiger partial charge in [-0.1, -0.05) is 121 Å². The number of benzene rings is 10. The topological polar surface area (TPSA) is 57.4 Å². The van der Waals surface area contributed by atoms with Crippen LogP contribution >= 0.6 is 0 Å². The molecule has 2 heterocycles. The third-order valence-electron chi connectivity index (χ3n) is 14.4. The quantitative estimate of drug-likeness (QED) is 0.160. The highest BCUT2D eigenvalue weighted by Gasteiger charge is 2.21. The molecule has 330 valence electrons. The third-order valence-corrected chi connectivity index (χ3v) is 14.4. The molecule has 0 saturated heterocycles. The maximum atomic E-state index is 10.8. The van der Waals surface area contributed by atoms with E-state index < -0.39 is 0 Å². The SMILES string of the molecule is Cc1ccccc1-c1ccc2c(c1)c1cc(-c3ccccc3C)ccc1n2-c1ccc(C#N)c(-c2cc(-n3c4ccc(-c5ccccc5C)cc4c4cc(-c5ccccc5C)ccc43)ccc2C#N)c1. The minimum Gasteiger partial charge on any atom is -0.309 e. The second-order valence-corrected chi connectivity index (χ2v) is 18.5. The van der Waals surface area contributed by atoms with Crippen LogP contribution in [0, 0.1) is 50.4 Å². The molecule has 0 spiro atoms. The van der Waals surface area contributed by atoms with E-state index in [0.29, 0.717) is 22.3 Å². The lowest BCUT2D eigenvalue weighted by Gasteiger charge is -2.15. The van der Waals surface area contributed by atoms with Gasteiger partial charge in [-0.2, -0.15) is 10.5 Å². The van der Waals surface area contributed by atoms with Gasteiger partial charge < -0.3 is 9.13 Å². The molecule has 12 rings (SSSR count). The normalized spacial score (nSPS) is 11.4. The molecule has 10 aromatic carbocycles. The van der Waals surface area contributed by atoms with E-state index in [1.54, 1.807) is 0 Å². The fourth-order valence-corrected chi connectivity index (χ4v) is 10.8. The third kappa shape index (κ3) is 6.89. The number of nitrogens with zero attached hydrogens (tertiary/aromatic N) is 4. The van der Waals surface area contributed by atoms with E-state index in [9.17, 15) is 10.5 Å². The highest BCUT2D eigenvalue weighted by atomic mass is 15.0. The van der Waals surface area contributed by atoms with Crippen molar-refractivity contribution in [3.8, 4) is 79.1 Å². The second kappa shape index (κ2) is 16.8. The number of fused-ring (bicyclic) bond motifs is 6. The van der Waals surface area contributed by atoms with Crippen LogP contribution in [0.1, 0.15) is 33.4 Å². The number of hydrogen-bond donors (Lipinski definition) is 0. The Morgan fingerprint density at radius 2 is 0.557 bits per heavy atom. The molecule has 12 aromatic rings. The molecule has 0 aliphatic rings. The summed E-state index contributed by atoms with van der Waals surface area (Å²) in [7, 11) is 0. The Bertz CT molecular complexity index is 3720. The zero-order chi connectivity index (χ0) is 47.6. The van der Waals surface area contributed by atoms with Gasteiger partial charge in [0.05, 0.1) is 45.3 Å². The molecular weight excluding hydrogens is 849 g/mol. The molecule has 0 aliphatic heterocycles. The minimum atomic E-state index is 0.495. The van der Waals surface area contributed by atoms with Crippen LogP contribution in [0.15, 0.2) is 206 Å². The molecule has 0 fully saturated rings. The number of aryl methyl sites for hydroxylation is 4. The van der Waals surface area contributed by atoms with Gasteiger partial charge in [-0.15, -0.1) is 0 Å². The van der Waals surface area contributed by atoms with Gasteiger partial charge in [0, 0.05) is 44.0 Å². The predicted octanol–water partition coefficient (Wildman–Crippen LogP) is 17.2. The summed E-state index contributed by atoms with van der Waals surface area (Å²) in [6.45, 7) is 8.64. The number of nitriles is 2. The molecule has 0 bridgehead atoms. The fourth-order valence-electron chi connectivity index (χ4n) is 10.8. The van der Waals surface area contributed by atoms with E-state index in [1.165, 1.54) is 44.5 Å². The standard InChI is InChI=1S/C66H46N4/c1-41-13-5-9-17-53(41)45-23-29-63-59(33-45)60-34-46(54-18-10-6-14-42(54)2)24-30-64(60)69(63)51-27-21-49(39-67)57(37-51)58-38-52(28-22-50(58)40-68)70-65-31-25-47(55-19-11-7-15-43(55)3)35-61(65)62-36-48(26-32-66(62)70)56-20-12-8-16-44(56)4/h5-38H,1-4H3. The van der Waals surface area contributed by atoms with Crippen LogP contribution in [-0.2, 0) is 0 Å². The van der Waals surface area contributed by atoms with Crippen molar-refractivity contribution in [3.05, 3.63) is 240 Å². The molecule has 0 N–H and O–H groups in total. The van der Waals surface area contributed by atoms with E-state index in [-0.39, 0.29) is 0 Å². The fraction of sp³-hybridized carbons (Fsp3) is 0.0606. The first-order valence-electron chi connectivity index (χ1n) is 23.8. The van der Waals surface area contributed by atoms with Crippen LogP contribution < -0.4 is 0 Å². The molecule has 0 aliphatic carbocycles. The Morgan fingerprint density at radius 3 is 0.814 bits per heavy atom. The number of aromatic nitrogens is 2. The van der Waals surface area contributed by atoms with Crippen molar-refractivity contribution in [3.63, 3.8) is 0 Å². The summed E-state index contributed by atoms with van der Waals surface area (Å²) in [6, 6.07) is 78.2. The van der Waals surface area contributed by atoms with Crippen LogP contribution in [0.5, 0.6) is 0 Å². The Kier molecular flexibility index (Phi) is 10.1. The van der Waals surface area contributed by atoms with Crippen molar-refractivity contribution in [2.45, 2.75) is 27.7 Å². The van der Waals surface area contributed by atoms with Crippen molar-refractivity contribution >= 4 is 43.6 Å². The summed E-state index contributed by atoms with van der Waals surface area (Å²) in [5.41, 5.74) is 22.7. The Balaban J connectivity index is 1.07. The lowest BCUT2D eigenvalue weighted by molar-refractivity contribution is 1.17. The van der Waals surface area contributed by atoms with Gasteiger partial charge in [-0.05, 0) is 179 Å². The van der Waals surface area contributed by atoms with E-state index >= 15 is 0 Å². The lowest BCUT2D eigenvalue weighted by atomic mass is 9.95. The van der Waals surface area contributed by atoms with Gasteiger partial charge in [0.2, 0.25) is 0 Å². The van der Waals surface area contributed by atoms with Crippen LogP contribution in [0.4, 0.5) is 0 Å². The Hall–Kier alpha value is -9.22.